The van der Waals surface area contributed by atoms with Crippen molar-refractivity contribution in [3.8, 4) is 0 Å². The van der Waals surface area contributed by atoms with Crippen LogP contribution in [-0.4, -0.2) is 46.8 Å². The normalized spacial score (nSPS) is 23.3. The molecule has 2 aliphatic heterocycles. The minimum atomic E-state index is -0.748. The van der Waals surface area contributed by atoms with Crippen LogP contribution in [0.4, 0.5) is 0 Å². The maximum absolute atomic E-state index is 12.7. The van der Waals surface area contributed by atoms with E-state index in [-0.39, 0.29) is 34.8 Å². The van der Waals surface area contributed by atoms with Crippen LogP contribution in [-0.2, 0) is 16.0 Å². The third-order valence-corrected chi connectivity index (χ3v) is 4.49. The average Bonchev–Trinajstić information content (AvgIpc) is 2.50. The fourth-order valence-electron chi connectivity index (χ4n) is 2.99. The number of esters is 1. The summed E-state index contributed by atoms with van der Waals surface area (Å²) in [7, 11) is 0. The molecular formula is C15H17ClN2O5. The molecule has 3 heterocycles. The van der Waals surface area contributed by atoms with E-state index in [0.717, 1.165) is 6.42 Å². The number of hydrogen-bond donors (Lipinski definition) is 0. The lowest BCUT2D eigenvalue weighted by molar-refractivity contribution is -0.112. The first-order chi connectivity index (χ1) is 11.0. The second kappa shape index (κ2) is 5.98. The maximum Gasteiger partial charge on any atom is 0.343 e. The zero-order valence-electron chi connectivity index (χ0n) is 12.9. The van der Waals surface area contributed by atoms with Crippen molar-refractivity contribution in [3.05, 3.63) is 32.7 Å². The Morgan fingerprint density at radius 3 is 2.91 bits per heavy atom. The SMILES string of the molecule is CCOC(=O)c1cn2c(c(Cl)c1=O)C(=O)N1[C@H](C)CCO[C@H]1C2. The van der Waals surface area contributed by atoms with Crippen LogP contribution < -0.4 is 5.43 Å². The average molecular weight is 341 g/mol. The number of amides is 1. The van der Waals surface area contributed by atoms with Crippen molar-refractivity contribution in [1.82, 2.24) is 9.47 Å². The molecule has 2 aliphatic rings. The zero-order chi connectivity index (χ0) is 16.7. The molecule has 1 aromatic heterocycles. The molecular weight excluding hydrogens is 324 g/mol. The van der Waals surface area contributed by atoms with Crippen molar-refractivity contribution in [2.45, 2.75) is 39.1 Å². The maximum atomic E-state index is 12.7. The first kappa shape index (κ1) is 16.0. The zero-order valence-corrected chi connectivity index (χ0v) is 13.6. The van der Waals surface area contributed by atoms with Gasteiger partial charge in [-0.25, -0.2) is 4.79 Å². The Hall–Kier alpha value is -1.86. The summed E-state index contributed by atoms with van der Waals surface area (Å²) in [4.78, 5) is 38.5. The number of nitrogens with zero attached hydrogens (tertiary/aromatic N) is 2. The summed E-state index contributed by atoms with van der Waals surface area (Å²) in [5.74, 6) is -1.10. The van der Waals surface area contributed by atoms with Gasteiger partial charge in [0.25, 0.3) is 5.91 Å². The molecule has 23 heavy (non-hydrogen) atoms. The third kappa shape index (κ3) is 2.53. The number of aromatic nitrogens is 1. The van der Waals surface area contributed by atoms with Gasteiger partial charge in [0.05, 0.1) is 19.8 Å². The van der Waals surface area contributed by atoms with Gasteiger partial charge in [-0.1, -0.05) is 11.6 Å². The molecule has 3 rings (SSSR count). The Balaban J connectivity index is 2.11. The van der Waals surface area contributed by atoms with Gasteiger partial charge in [0.1, 0.15) is 16.3 Å². The molecule has 1 amide bonds. The van der Waals surface area contributed by atoms with Gasteiger partial charge in [0.15, 0.2) is 6.23 Å². The molecule has 8 heteroatoms. The number of carbonyl (C=O) groups excluding carboxylic acids is 2. The molecule has 0 spiro atoms. The summed E-state index contributed by atoms with van der Waals surface area (Å²) in [6, 6.07) is 0.00546. The minimum absolute atomic E-state index is 0.00546. The van der Waals surface area contributed by atoms with E-state index in [1.54, 1.807) is 11.8 Å². The number of ether oxygens (including phenoxy) is 2. The van der Waals surface area contributed by atoms with Crippen LogP contribution in [0, 0.1) is 0 Å². The fraction of sp³-hybridized carbons (Fsp3) is 0.533. The molecule has 0 radical (unpaired) electrons. The lowest BCUT2D eigenvalue weighted by atomic mass is 10.1. The summed E-state index contributed by atoms with van der Waals surface area (Å²) in [5, 5.41) is -0.253. The fourth-order valence-corrected chi connectivity index (χ4v) is 3.28. The number of hydrogen-bond acceptors (Lipinski definition) is 5. The lowest BCUT2D eigenvalue weighted by Gasteiger charge is -2.44. The second-order valence-corrected chi connectivity index (χ2v) is 5.96. The standard InChI is InChI=1S/C15H17ClN2O5/c1-3-22-15(21)9-6-17-7-10-18(8(2)4-5-23-10)14(20)12(17)11(16)13(9)19/h6,8,10H,3-5,7H2,1-2H3/t8-,10+/m1/s1. The first-order valence-corrected chi connectivity index (χ1v) is 7.87. The van der Waals surface area contributed by atoms with E-state index in [4.69, 9.17) is 21.1 Å². The molecule has 0 N–H and O–H groups in total. The van der Waals surface area contributed by atoms with Gasteiger partial charge >= 0.3 is 5.97 Å². The minimum Gasteiger partial charge on any atom is -0.462 e. The number of pyridine rings is 1. The van der Waals surface area contributed by atoms with E-state index in [0.29, 0.717) is 13.2 Å². The number of rotatable bonds is 2. The Labute approximate surface area is 137 Å². The second-order valence-electron chi connectivity index (χ2n) is 5.58. The van der Waals surface area contributed by atoms with Gasteiger partial charge in [0.2, 0.25) is 5.43 Å². The van der Waals surface area contributed by atoms with Gasteiger partial charge in [-0.15, -0.1) is 0 Å². The highest BCUT2D eigenvalue weighted by Gasteiger charge is 2.40. The molecule has 0 saturated carbocycles. The number of carbonyl (C=O) groups is 2. The van der Waals surface area contributed by atoms with Gasteiger partial charge in [-0.3, -0.25) is 9.59 Å². The Kier molecular flexibility index (Phi) is 4.16. The quantitative estimate of drug-likeness (QED) is 0.758. The predicted octanol–water partition coefficient (Wildman–Crippen LogP) is 1.27. The van der Waals surface area contributed by atoms with Crippen LogP contribution in [0.3, 0.4) is 0 Å². The van der Waals surface area contributed by atoms with E-state index in [1.807, 2.05) is 6.92 Å². The van der Waals surface area contributed by atoms with Crippen LogP contribution in [0.2, 0.25) is 5.02 Å². The van der Waals surface area contributed by atoms with Crippen LogP contribution in [0.15, 0.2) is 11.0 Å². The molecule has 0 aromatic carbocycles. The monoisotopic (exact) mass is 340 g/mol. The van der Waals surface area contributed by atoms with Gasteiger partial charge < -0.3 is 18.9 Å². The number of fused-ring (bicyclic) bond motifs is 2. The van der Waals surface area contributed by atoms with Crippen molar-refractivity contribution < 1.29 is 19.1 Å². The third-order valence-electron chi connectivity index (χ3n) is 4.14. The highest BCUT2D eigenvalue weighted by molar-refractivity contribution is 6.33. The van der Waals surface area contributed by atoms with Crippen molar-refractivity contribution in [2.24, 2.45) is 0 Å². The largest absolute Gasteiger partial charge is 0.462 e. The topological polar surface area (TPSA) is 77.8 Å². The Morgan fingerprint density at radius 1 is 1.48 bits per heavy atom. The molecule has 1 aromatic rings. The van der Waals surface area contributed by atoms with E-state index in [9.17, 15) is 14.4 Å². The van der Waals surface area contributed by atoms with E-state index in [2.05, 4.69) is 0 Å². The van der Waals surface area contributed by atoms with Gasteiger partial charge in [0, 0.05) is 12.2 Å². The summed E-state index contributed by atoms with van der Waals surface area (Å²) in [6.07, 6.45) is 1.64. The van der Waals surface area contributed by atoms with Crippen molar-refractivity contribution in [3.63, 3.8) is 0 Å². The summed E-state index contributed by atoms with van der Waals surface area (Å²) in [6.45, 7) is 4.60. The van der Waals surface area contributed by atoms with Crippen molar-refractivity contribution >= 4 is 23.5 Å². The smallest absolute Gasteiger partial charge is 0.343 e. The molecule has 7 nitrogen and oxygen atoms in total. The van der Waals surface area contributed by atoms with Crippen LogP contribution in [0.5, 0.6) is 0 Å². The lowest BCUT2D eigenvalue weighted by Crippen LogP contribution is -2.57. The molecule has 0 bridgehead atoms. The summed E-state index contributed by atoms with van der Waals surface area (Å²) >= 11 is 6.10. The van der Waals surface area contributed by atoms with Crippen LogP contribution >= 0.6 is 11.6 Å². The van der Waals surface area contributed by atoms with Crippen LogP contribution in [0.1, 0.15) is 41.1 Å². The van der Waals surface area contributed by atoms with E-state index in [1.165, 1.54) is 10.8 Å². The van der Waals surface area contributed by atoms with Crippen LogP contribution in [0.25, 0.3) is 0 Å². The van der Waals surface area contributed by atoms with E-state index >= 15 is 0 Å². The molecule has 124 valence electrons. The Morgan fingerprint density at radius 2 is 2.22 bits per heavy atom. The number of halogens is 1. The van der Waals surface area contributed by atoms with Crippen molar-refractivity contribution in [1.29, 1.82) is 0 Å². The van der Waals surface area contributed by atoms with Gasteiger partial charge in [-0.2, -0.15) is 0 Å². The highest BCUT2D eigenvalue weighted by atomic mass is 35.5. The summed E-state index contributed by atoms with van der Waals surface area (Å²) < 4.78 is 12.0. The van der Waals surface area contributed by atoms with Crippen molar-refractivity contribution in [2.75, 3.05) is 13.2 Å². The predicted molar refractivity (Wildman–Crippen MR) is 81.7 cm³/mol. The molecule has 1 fully saturated rings. The first-order valence-electron chi connectivity index (χ1n) is 7.50. The highest BCUT2D eigenvalue weighted by Crippen LogP contribution is 2.28. The van der Waals surface area contributed by atoms with E-state index < -0.39 is 17.6 Å². The molecule has 0 unspecified atom stereocenters. The summed E-state index contributed by atoms with van der Waals surface area (Å²) in [5.41, 5.74) is -0.766. The van der Waals surface area contributed by atoms with Gasteiger partial charge in [-0.05, 0) is 20.3 Å². The molecule has 1 saturated heterocycles. The molecule has 0 aliphatic carbocycles. The Bertz CT molecular complexity index is 729. The molecule has 2 atom stereocenters.